The molecule has 7 rings (SSSR count). The molecule has 0 saturated heterocycles. The van der Waals surface area contributed by atoms with Gasteiger partial charge in [-0.1, -0.05) is 38.4 Å². The van der Waals surface area contributed by atoms with Crippen LogP contribution in [0.3, 0.4) is 0 Å². The first-order chi connectivity index (χ1) is 21.7. The van der Waals surface area contributed by atoms with Crippen LogP contribution in [0.25, 0.3) is 0 Å². The van der Waals surface area contributed by atoms with Crippen molar-refractivity contribution in [2.75, 3.05) is 18.7 Å². The molecule has 0 radical (unpaired) electrons. The predicted octanol–water partition coefficient (Wildman–Crippen LogP) is 8.49. The van der Waals surface area contributed by atoms with Crippen LogP contribution in [0.15, 0.2) is 48.7 Å². The third-order valence-electron chi connectivity index (χ3n) is 11.2. The van der Waals surface area contributed by atoms with Crippen LogP contribution in [-0.2, 0) is 16.6 Å². The molecule has 1 spiro atoms. The van der Waals surface area contributed by atoms with Gasteiger partial charge in [0.25, 0.3) is 0 Å². The van der Waals surface area contributed by atoms with Crippen LogP contribution in [0.1, 0.15) is 99.9 Å². The van der Waals surface area contributed by atoms with Gasteiger partial charge in [0.2, 0.25) is 6.79 Å². The molecule has 1 saturated carbocycles. The number of ether oxygens (including phenoxy) is 3. The molecular weight excluding hydrogens is 588 g/mol. The summed E-state index contributed by atoms with van der Waals surface area (Å²) in [4.78, 5) is 17.6. The van der Waals surface area contributed by atoms with Crippen LogP contribution < -0.4 is 19.5 Å². The van der Waals surface area contributed by atoms with Crippen molar-refractivity contribution < 1.29 is 24.1 Å². The highest BCUT2D eigenvalue weighted by Gasteiger charge is 2.54. The molecule has 2 heterocycles. The molecule has 0 bridgehead atoms. The lowest BCUT2D eigenvalue weighted by molar-refractivity contribution is -0.144. The number of halogens is 1. The van der Waals surface area contributed by atoms with Crippen LogP contribution in [0.5, 0.6) is 17.2 Å². The molecule has 238 valence electrons. The molecule has 2 N–H and O–H groups in total. The zero-order chi connectivity index (χ0) is 31.3. The molecule has 0 amide bonds. The van der Waals surface area contributed by atoms with Gasteiger partial charge in [-0.05, 0) is 128 Å². The molecular formula is C37H43ClN2O5. The van der Waals surface area contributed by atoms with Crippen molar-refractivity contribution in [3.63, 3.8) is 0 Å². The fraction of sp³-hybridized carbons (Fsp3) is 0.514. The summed E-state index contributed by atoms with van der Waals surface area (Å²) in [5.74, 6) is 3.36. The number of benzene rings is 2. The van der Waals surface area contributed by atoms with Gasteiger partial charge in [-0.15, -0.1) is 0 Å². The number of hydrogen-bond donors (Lipinski definition) is 2. The van der Waals surface area contributed by atoms with Crippen LogP contribution in [0.4, 0.5) is 5.69 Å². The number of rotatable bonds is 8. The summed E-state index contributed by atoms with van der Waals surface area (Å²) < 4.78 is 18.2. The molecule has 1 unspecified atom stereocenters. The lowest BCUT2D eigenvalue weighted by Gasteiger charge is -2.47. The zero-order valence-electron chi connectivity index (χ0n) is 26.4. The maximum absolute atomic E-state index is 12.8. The van der Waals surface area contributed by atoms with E-state index in [2.05, 4.69) is 38.2 Å². The summed E-state index contributed by atoms with van der Waals surface area (Å²) in [5, 5.41) is 14.5. The van der Waals surface area contributed by atoms with E-state index in [1.807, 2.05) is 24.4 Å². The minimum absolute atomic E-state index is 0.140. The second kappa shape index (κ2) is 11.7. The number of anilines is 1. The van der Waals surface area contributed by atoms with Crippen molar-refractivity contribution in [1.29, 1.82) is 0 Å². The quantitative estimate of drug-likeness (QED) is 0.258. The number of nitrogens with zero attached hydrogens (tertiary/aromatic N) is 1. The molecule has 1 aromatic heterocycles. The fourth-order valence-corrected chi connectivity index (χ4v) is 8.88. The third-order valence-corrected chi connectivity index (χ3v) is 11.4. The number of carbonyl (C=O) groups is 1. The number of pyridine rings is 1. The second-order valence-electron chi connectivity index (χ2n) is 14.1. The molecule has 1 fully saturated rings. The number of carboxylic acid groups (broad SMARTS) is 1. The lowest BCUT2D eigenvalue weighted by Crippen LogP contribution is -2.53. The van der Waals surface area contributed by atoms with Gasteiger partial charge in [0.05, 0.1) is 12.3 Å². The highest BCUT2D eigenvalue weighted by Crippen LogP contribution is 2.58. The molecule has 4 atom stereocenters. The van der Waals surface area contributed by atoms with Gasteiger partial charge in [-0.3, -0.25) is 4.98 Å². The Morgan fingerprint density at radius 3 is 2.60 bits per heavy atom. The predicted molar refractivity (Wildman–Crippen MR) is 175 cm³/mol. The highest BCUT2D eigenvalue weighted by molar-refractivity contribution is 6.30. The number of hydrogen-bond acceptors (Lipinski definition) is 6. The standard InChI is InChI=1S/C37H43ClN2O5/c1-22(20-43-30-9-14-39-34-24(3)8-7-23(2)33(30)34)15-26-16-25-17-31-32(45-21-44-31)19-29(25)36(26)10-12-37(13-11-36,35(41)42)40-28-6-4-5-27(38)18-28/h4-6,9,14,17-19,22-24,26,40H,7-8,10-13,15-16,20-21H2,1-3H3,(H,41,42)/t22-,23-,24-,26?,36?,37?/m1/s1. The van der Waals surface area contributed by atoms with E-state index in [9.17, 15) is 9.90 Å². The Kier molecular flexibility index (Phi) is 7.87. The smallest absolute Gasteiger partial charge is 0.329 e. The zero-order valence-corrected chi connectivity index (χ0v) is 27.2. The van der Waals surface area contributed by atoms with Gasteiger partial charge in [-0.25, -0.2) is 4.79 Å². The van der Waals surface area contributed by atoms with E-state index < -0.39 is 11.5 Å². The van der Waals surface area contributed by atoms with E-state index in [1.165, 1.54) is 28.8 Å². The van der Waals surface area contributed by atoms with E-state index in [0.717, 1.165) is 55.0 Å². The topological polar surface area (TPSA) is 89.9 Å². The number of aliphatic carboxylic acids is 1. The molecule has 1 aliphatic heterocycles. The van der Waals surface area contributed by atoms with E-state index in [4.69, 9.17) is 30.8 Å². The minimum Gasteiger partial charge on any atom is -0.493 e. The Morgan fingerprint density at radius 2 is 1.84 bits per heavy atom. The van der Waals surface area contributed by atoms with Gasteiger partial charge < -0.3 is 24.6 Å². The molecule has 3 aliphatic carbocycles. The van der Waals surface area contributed by atoms with Gasteiger partial charge in [0.15, 0.2) is 11.5 Å². The highest BCUT2D eigenvalue weighted by atomic mass is 35.5. The summed E-state index contributed by atoms with van der Waals surface area (Å²) in [6, 6.07) is 13.7. The summed E-state index contributed by atoms with van der Waals surface area (Å²) in [6.45, 7) is 7.71. The van der Waals surface area contributed by atoms with Crippen molar-refractivity contribution in [3.8, 4) is 17.2 Å². The van der Waals surface area contributed by atoms with E-state index in [1.54, 1.807) is 12.1 Å². The van der Waals surface area contributed by atoms with Crippen LogP contribution in [-0.4, -0.2) is 35.0 Å². The first-order valence-corrected chi connectivity index (χ1v) is 16.9. The fourth-order valence-electron chi connectivity index (χ4n) is 8.69. The maximum atomic E-state index is 12.8. The van der Waals surface area contributed by atoms with Gasteiger partial charge in [-0.2, -0.15) is 0 Å². The number of fused-ring (bicyclic) bond motifs is 4. The van der Waals surface area contributed by atoms with Gasteiger partial charge in [0.1, 0.15) is 11.3 Å². The molecule has 3 aromatic rings. The minimum atomic E-state index is -1.05. The van der Waals surface area contributed by atoms with Crippen molar-refractivity contribution in [2.45, 2.75) is 94.9 Å². The van der Waals surface area contributed by atoms with Crippen LogP contribution in [0, 0.1) is 11.8 Å². The Hall–Kier alpha value is -3.45. The molecule has 45 heavy (non-hydrogen) atoms. The Bertz CT molecular complexity index is 1600. The molecule has 7 nitrogen and oxygen atoms in total. The normalized spacial score (nSPS) is 28.8. The van der Waals surface area contributed by atoms with E-state index in [0.29, 0.717) is 48.1 Å². The van der Waals surface area contributed by atoms with Crippen LogP contribution >= 0.6 is 11.6 Å². The molecule has 8 heteroatoms. The largest absolute Gasteiger partial charge is 0.493 e. The average Bonchev–Trinajstić information content (AvgIpc) is 3.59. The number of aromatic nitrogens is 1. The Balaban J connectivity index is 1.13. The average molecular weight is 631 g/mol. The van der Waals surface area contributed by atoms with E-state index in [-0.39, 0.29) is 12.2 Å². The summed E-state index contributed by atoms with van der Waals surface area (Å²) in [7, 11) is 0. The monoisotopic (exact) mass is 630 g/mol. The summed E-state index contributed by atoms with van der Waals surface area (Å²) in [5.41, 5.74) is 4.62. The summed E-state index contributed by atoms with van der Waals surface area (Å²) >= 11 is 6.25. The number of nitrogens with one attached hydrogen (secondary N) is 1. The van der Waals surface area contributed by atoms with E-state index >= 15 is 0 Å². The number of carboxylic acids is 1. The SMILES string of the molecule is C[C@@H](COc1ccnc2c1[C@H](C)CC[C@H]2C)CC1Cc2cc3c(cc2C12CCC(Nc1cccc(Cl)c1)(C(=O)O)CC2)OCO3. The first-order valence-electron chi connectivity index (χ1n) is 16.5. The maximum Gasteiger partial charge on any atom is 0.329 e. The van der Waals surface area contributed by atoms with Gasteiger partial charge >= 0.3 is 5.97 Å². The molecule has 4 aliphatic rings. The van der Waals surface area contributed by atoms with Crippen molar-refractivity contribution >= 4 is 23.3 Å². The summed E-state index contributed by atoms with van der Waals surface area (Å²) in [6.07, 6.45) is 8.73. The lowest BCUT2D eigenvalue weighted by atomic mass is 9.59. The van der Waals surface area contributed by atoms with Crippen LogP contribution in [0.2, 0.25) is 5.02 Å². The molecule has 2 aromatic carbocycles. The third kappa shape index (κ3) is 5.41. The Morgan fingerprint density at radius 1 is 1.09 bits per heavy atom. The van der Waals surface area contributed by atoms with Gasteiger partial charge in [0, 0.05) is 22.5 Å². The van der Waals surface area contributed by atoms with Crippen molar-refractivity contribution in [2.24, 2.45) is 11.8 Å². The second-order valence-corrected chi connectivity index (χ2v) is 14.5. The van der Waals surface area contributed by atoms with Crippen molar-refractivity contribution in [1.82, 2.24) is 4.98 Å². The Labute approximate surface area is 270 Å². The first kappa shape index (κ1) is 30.2. The van der Waals surface area contributed by atoms with Crippen molar-refractivity contribution in [3.05, 3.63) is 76.1 Å².